The van der Waals surface area contributed by atoms with Crippen molar-refractivity contribution in [2.45, 2.75) is 19.4 Å². The number of hydrogen-bond donors (Lipinski definition) is 1. The SMILES string of the molecule is C[C@@H](OC(=O)Cc1cccc(F)c1)C(=O)N1CC(=O)Nc2ccccc21. The van der Waals surface area contributed by atoms with E-state index in [1.807, 2.05) is 0 Å². The summed E-state index contributed by atoms with van der Waals surface area (Å²) in [5.41, 5.74) is 1.53. The highest BCUT2D eigenvalue weighted by molar-refractivity contribution is 6.11. The first-order valence-corrected chi connectivity index (χ1v) is 8.08. The van der Waals surface area contributed by atoms with Crippen LogP contribution in [0.15, 0.2) is 48.5 Å². The van der Waals surface area contributed by atoms with E-state index in [1.54, 1.807) is 30.3 Å². The van der Waals surface area contributed by atoms with Crippen molar-refractivity contribution in [3.8, 4) is 0 Å². The van der Waals surface area contributed by atoms with Gasteiger partial charge in [0.2, 0.25) is 5.91 Å². The van der Waals surface area contributed by atoms with Gasteiger partial charge in [0.25, 0.3) is 5.91 Å². The summed E-state index contributed by atoms with van der Waals surface area (Å²) in [5.74, 6) is -1.92. The van der Waals surface area contributed by atoms with Crippen LogP contribution in [0.25, 0.3) is 0 Å². The summed E-state index contributed by atoms with van der Waals surface area (Å²) in [6, 6.07) is 12.5. The number of benzene rings is 2. The Morgan fingerprint density at radius 3 is 2.77 bits per heavy atom. The van der Waals surface area contributed by atoms with E-state index in [-0.39, 0.29) is 18.9 Å². The van der Waals surface area contributed by atoms with Crippen molar-refractivity contribution in [1.29, 1.82) is 0 Å². The Balaban J connectivity index is 1.68. The minimum atomic E-state index is -1.07. The summed E-state index contributed by atoms with van der Waals surface area (Å²) in [6.45, 7) is 1.29. The number of halogens is 1. The Hall–Kier alpha value is -3.22. The molecule has 2 aromatic carbocycles. The fourth-order valence-electron chi connectivity index (χ4n) is 2.75. The molecule has 0 fully saturated rings. The van der Waals surface area contributed by atoms with Crippen LogP contribution in [0.4, 0.5) is 15.8 Å². The van der Waals surface area contributed by atoms with E-state index in [9.17, 15) is 18.8 Å². The smallest absolute Gasteiger partial charge is 0.311 e. The first-order valence-electron chi connectivity index (χ1n) is 8.08. The predicted molar refractivity (Wildman–Crippen MR) is 93.1 cm³/mol. The molecule has 0 aliphatic carbocycles. The Morgan fingerprint density at radius 2 is 2.00 bits per heavy atom. The molecular weight excluding hydrogens is 339 g/mol. The highest BCUT2D eigenvalue weighted by Gasteiger charge is 2.31. The molecule has 26 heavy (non-hydrogen) atoms. The quantitative estimate of drug-likeness (QED) is 0.853. The molecule has 3 rings (SSSR count). The second kappa shape index (κ2) is 7.35. The lowest BCUT2D eigenvalue weighted by Gasteiger charge is -2.30. The van der Waals surface area contributed by atoms with Gasteiger partial charge in [-0.1, -0.05) is 24.3 Å². The Labute approximate surface area is 149 Å². The van der Waals surface area contributed by atoms with Gasteiger partial charge in [-0.05, 0) is 36.8 Å². The molecule has 1 N–H and O–H groups in total. The van der Waals surface area contributed by atoms with E-state index in [2.05, 4.69) is 5.32 Å². The number of para-hydroxylation sites is 2. The van der Waals surface area contributed by atoms with Crippen LogP contribution in [0.1, 0.15) is 12.5 Å². The zero-order valence-corrected chi connectivity index (χ0v) is 14.1. The number of carbonyl (C=O) groups excluding carboxylic acids is 3. The average molecular weight is 356 g/mol. The van der Waals surface area contributed by atoms with E-state index < -0.39 is 23.8 Å². The first-order chi connectivity index (χ1) is 12.4. The number of hydrogen-bond acceptors (Lipinski definition) is 4. The molecule has 0 spiro atoms. The van der Waals surface area contributed by atoms with E-state index in [0.29, 0.717) is 16.9 Å². The Morgan fingerprint density at radius 1 is 1.23 bits per heavy atom. The van der Waals surface area contributed by atoms with Gasteiger partial charge in [0.1, 0.15) is 12.4 Å². The molecule has 0 aromatic heterocycles. The molecule has 7 heteroatoms. The second-order valence-corrected chi connectivity index (χ2v) is 5.93. The van der Waals surface area contributed by atoms with E-state index in [1.165, 1.54) is 30.0 Å². The molecule has 0 bridgehead atoms. The van der Waals surface area contributed by atoms with E-state index >= 15 is 0 Å². The van der Waals surface area contributed by atoms with Crippen LogP contribution >= 0.6 is 0 Å². The van der Waals surface area contributed by atoms with Gasteiger partial charge in [-0.25, -0.2) is 4.39 Å². The lowest BCUT2D eigenvalue weighted by Crippen LogP contribution is -2.47. The van der Waals surface area contributed by atoms with Gasteiger partial charge in [-0.15, -0.1) is 0 Å². The maximum atomic E-state index is 13.2. The van der Waals surface area contributed by atoms with Gasteiger partial charge in [-0.2, -0.15) is 0 Å². The minimum Gasteiger partial charge on any atom is -0.452 e. The van der Waals surface area contributed by atoms with E-state index in [4.69, 9.17) is 4.74 Å². The summed E-state index contributed by atoms with van der Waals surface area (Å²) in [4.78, 5) is 37.8. The third-order valence-electron chi connectivity index (χ3n) is 3.93. The van der Waals surface area contributed by atoms with Crippen molar-refractivity contribution in [3.05, 3.63) is 59.9 Å². The van der Waals surface area contributed by atoms with Crippen LogP contribution in [0, 0.1) is 5.82 Å². The summed E-state index contributed by atoms with van der Waals surface area (Å²) < 4.78 is 18.4. The van der Waals surface area contributed by atoms with Gasteiger partial charge in [0, 0.05) is 0 Å². The van der Waals surface area contributed by atoms with Crippen LogP contribution in [-0.2, 0) is 25.5 Å². The van der Waals surface area contributed by atoms with Crippen LogP contribution in [0.5, 0.6) is 0 Å². The molecule has 6 nitrogen and oxygen atoms in total. The molecule has 0 saturated carbocycles. The molecule has 2 amide bonds. The molecule has 1 atom stereocenters. The average Bonchev–Trinajstić information content (AvgIpc) is 2.60. The number of ether oxygens (including phenoxy) is 1. The van der Waals surface area contributed by atoms with Crippen molar-refractivity contribution >= 4 is 29.2 Å². The van der Waals surface area contributed by atoms with Crippen molar-refractivity contribution < 1.29 is 23.5 Å². The molecule has 1 aliphatic heterocycles. The minimum absolute atomic E-state index is 0.146. The predicted octanol–water partition coefficient (Wildman–Crippen LogP) is 2.29. The molecule has 134 valence electrons. The lowest BCUT2D eigenvalue weighted by atomic mass is 10.1. The number of rotatable bonds is 4. The molecule has 0 unspecified atom stereocenters. The van der Waals surface area contributed by atoms with Crippen LogP contribution in [-0.4, -0.2) is 30.4 Å². The van der Waals surface area contributed by atoms with Crippen LogP contribution in [0.2, 0.25) is 0 Å². The van der Waals surface area contributed by atoms with Gasteiger partial charge < -0.3 is 10.1 Å². The van der Waals surface area contributed by atoms with Gasteiger partial charge >= 0.3 is 5.97 Å². The van der Waals surface area contributed by atoms with Crippen molar-refractivity contribution in [3.63, 3.8) is 0 Å². The maximum absolute atomic E-state index is 13.2. The van der Waals surface area contributed by atoms with Gasteiger partial charge in [0.05, 0.1) is 17.8 Å². The number of amides is 2. The summed E-state index contributed by atoms with van der Waals surface area (Å²) in [5, 5.41) is 2.69. The normalized spacial score (nSPS) is 14.2. The van der Waals surface area contributed by atoms with Gasteiger partial charge in [0.15, 0.2) is 6.10 Å². The fraction of sp³-hybridized carbons (Fsp3) is 0.211. The van der Waals surface area contributed by atoms with E-state index in [0.717, 1.165) is 0 Å². The number of esters is 1. The van der Waals surface area contributed by atoms with Gasteiger partial charge in [-0.3, -0.25) is 19.3 Å². The monoisotopic (exact) mass is 356 g/mol. The maximum Gasteiger partial charge on any atom is 0.311 e. The topological polar surface area (TPSA) is 75.7 Å². The first kappa shape index (κ1) is 17.6. The number of nitrogens with one attached hydrogen (secondary N) is 1. The molecule has 2 aromatic rings. The second-order valence-electron chi connectivity index (χ2n) is 5.93. The summed E-state index contributed by atoms with van der Waals surface area (Å²) in [7, 11) is 0. The fourth-order valence-corrected chi connectivity index (χ4v) is 2.75. The standard InChI is InChI=1S/C19H17FN2O4/c1-12(26-18(24)10-13-5-4-6-14(20)9-13)19(25)22-11-17(23)21-15-7-2-3-8-16(15)22/h2-9,12H,10-11H2,1H3,(H,21,23)/t12-/m1/s1. The molecule has 0 saturated heterocycles. The van der Waals surface area contributed by atoms with Crippen LogP contribution < -0.4 is 10.2 Å². The zero-order valence-electron chi connectivity index (χ0n) is 14.1. The highest BCUT2D eigenvalue weighted by Crippen LogP contribution is 2.29. The highest BCUT2D eigenvalue weighted by atomic mass is 19.1. The number of fused-ring (bicyclic) bond motifs is 1. The zero-order chi connectivity index (χ0) is 18.7. The summed E-state index contributed by atoms with van der Waals surface area (Å²) >= 11 is 0. The number of anilines is 2. The van der Waals surface area contributed by atoms with Crippen molar-refractivity contribution in [2.24, 2.45) is 0 Å². The number of nitrogens with zero attached hydrogens (tertiary/aromatic N) is 1. The van der Waals surface area contributed by atoms with Crippen molar-refractivity contribution in [2.75, 3.05) is 16.8 Å². The van der Waals surface area contributed by atoms with Crippen LogP contribution in [0.3, 0.4) is 0 Å². The lowest BCUT2D eigenvalue weighted by molar-refractivity contribution is -0.153. The van der Waals surface area contributed by atoms with Crippen molar-refractivity contribution in [1.82, 2.24) is 0 Å². The number of carbonyl (C=O) groups is 3. The Bertz CT molecular complexity index is 868. The largest absolute Gasteiger partial charge is 0.452 e. The molecule has 1 heterocycles. The Kier molecular flexibility index (Phi) is 4.97. The molecular formula is C19H17FN2O4. The molecule has 1 aliphatic rings. The third-order valence-corrected chi connectivity index (χ3v) is 3.93. The molecule has 0 radical (unpaired) electrons. The summed E-state index contributed by atoms with van der Waals surface area (Å²) in [6.07, 6.45) is -1.22. The third kappa shape index (κ3) is 3.88.